The lowest BCUT2D eigenvalue weighted by Crippen LogP contribution is -2.38. The molecule has 0 saturated carbocycles. The molecule has 3 aromatic rings. The second-order valence-corrected chi connectivity index (χ2v) is 11.2. The largest absolute Gasteiger partial charge is 0.508 e. The summed E-state index contributed by atoms with van der Waals surface area (Å²) in [6, 6.07) is 11.1. The van der Waals surface area contributed by atoms with E-state index >= 15 is 0 Å². The second-order valence-electron chi connectivity index (χ2n) is 10.8. The molecule has 1 aromatic heterocycles. The van der Waals surface area contributed by atoms with E-state index in [0.717, 1.165) is 11.6 Å². The molecule has 234 valence electrons. The molecule has 2 aromatic carbocycles. The van der Waals surface area contributed by atoms with Crippen LogP contribution in [0, 0.1) is 11.3 Å². The van der Waals surface area contributed by atoms with Gasteiger partial charge in [-0.1, -0.05) is 39.1 Å². The Labute approximate surface area is 261 Å². The van der Waals surface area contributed by atoms with Crippen LogP contribution in [0.1, 0.15) is 89.2 Å². The molecule has 0 N–H and O–H groups in total. The molecular weight excluding hydrogens is 590 g/mol. The van der Waals surface area contributed by atoms with Gasteiger partial charge in [-0.05, 0) is 63.1 Å². The number of fused-ring (bicyclic) bond motifs is 1. The van der Waals surface area contributed by atoms with Crippen LogP contribution in [0.15, 0.2) is 36.4 Å². The maximum absolute atomic E-state index is 13.7. The number of rotatable bonds is 11. The number of aromatic nitrogens is 2. The third-order valence-electron chi connectivity index (χ3n) is 6.51. The highest BCUT2D eigenvalue weighted by molar-refractivity contribution is 7.80. The minimum Gasteiger partial charge on any atom is -0.474 e. The van der Waals surface area contributed by atoms with Crippen molar-refractivity contribution in [2.45, 2.75) is 78.7 Å². The number of nitriles is 1. The molecule has 1 unspecified atom stereocenters. The smallest absolute Gasteiger partial charge is 0.474 e. The number of carbonyl (C=O) groups excluding carboxylic acids is 2. The van der Waals surface area contributed by atoms with Crippen LogP contribution < -0.4 is 9.64 Å². The number of ether oxygens (including phenoxy) is 3. The quantitative estimate of drug-likeness (QED) is 0.121. The van der Waals surface area contributed by atoms with Crippen LogP contribution in [0.3, 0.4) is 0 Å². The fourth-order valence-electron chi connectivity index (χ4n) is 4.42. The van der Waals surface area contributed by atoms with Crippen molar-refractivity contribution < 1.29 is 32.6 Å². The monoisotopic (exact) mass is 626 g/mol. The van der Waals surface area contributed by atoms with Crippen LogP contribution in [0.2, 0.25) is 0 Å². The minimum atomic E-state index is -2.90. The van der Waals surface area contributed by atoms with E-state index in [1.807, 2.05) is 32.0 Å². The van der Waals surface area contributed by atoms with Gasteiger partial charge in [-0.3, -0.25) is 9.69 Å². The van der Waals surface area contributed by atoms with Crippen molar-refractivity contribution in [1.82, 2.24) is 9.97 Å². The van der Waals surface area contributed by atoms with Crippen molar-refractivity contribution in [3.05, 3.63) is 58.9 Å². The molecule has 0 aliphatic heterocycles. The summed E-state index contributed by atoms with van der Waals surface area (Å²) in [6.07, 6.45) is -2.58. The first kappa shape index (κ1) is 34.3. The van der Waals surface area contributed by atoms with E-state index in [2.05, 4.69) is 9.97 Å². The van der Waals surface area contributed by atoms with Gasteiger partial charge in [0.1, 0.15) is 24.6 Å². The van der Waals surface area contributed by atoms with E-state index in [0.29, 0.717) is 29.6 Å². The topological polar surface area (TPSA) is 115 Å². The van der Waals surface area contributed by atoms with Crippen molar-refractivity contribution in [3.63, 3.8) is 0 Å². The van der Waals surface area contributed by atoms with E-state index in [-0.39, 0.29) is 47.7 Å². The molecule has 0 spiro atoms. The summed E-state index contributed by atoms with van der Waals surface area (Å²) in [4.78, 5) is 35.7. The molecular formula is C32H36F2N4O5S. The van der Waals surface area contributed by atoms with Gasteiger partial charge in [-0.15, -0.1) is 0 Å². The molecule has 44 heavy (non-hydrogen) atoms. The predicted molar refractivity (Wildman–Crippen MR) is 166 cm³/mol. The van der Waals surface area contributed by atoms with Crippen LogP contribution >= 0.6 is 12.2 Å². The highest BCUT2D eigenvalue weighted by atomic mass is 32.1. The lowest BCUT2D eigenvalue weighted by Gasteiger charge is -2.29. The Bertz CT molecular complexity index is 1570. The van der Waals surface area contributed by atoms with Gasteiger partial charge in [0.2, 0.25) is 11.8 Å². The number of aryl methyl sites for hydroxylation is 1. The Morgan fingerprint density at radius 1 is 1.07 bits per heavy atom. The predicted octanol–water partition coefficient (Wildman–Crippen LogP) is 7.60. The third-order valence-corrected chi connectivity index (χ3v) is 6.98. The molecule has 3 rings (SSSR count). The maximum Gasteiger partial charge on any atom is 0.508 e. The summed E-state index contributed by atoms with van der Waals surface area (Å²) in [6.45, 7) is 10.6. The first-order valence-electron chi connectivity index (χ1n) is 14.3. The molecule has 12 heteroatoms. The molecule has 9 nitrogen and oxygen atoms in total. The standard InChI is InChI=1S/C32H36F2N4O5S/c1-7-22(30(44)38(27(39)9-3)21-12-10-20(18-35)23(17-21)28(33)34)19-11-13-25-24(16-19)29(37-26(8-2)36-25)41-14-15-42-31(40)43-32(4,5)6/h10-13,16-17,22,28H,7-9,14-15H2,1-6H3. The molecule has 0 saturated heterocycles. The van der Waals surface area contributed by atoms with Gasteiger partial charge in [0.15, 0.2) is 0 Å². The zero-order valence-electron chi connectivity index (χ0n) is 25.6. The van der Waals surface area contributed by atoms with E-state index < -0.39 is 29.7 Å². The first-order chi connectivity index (χ1) is 20.8. The SMILES string of the molecule is CCC(=O)N(C(=S)C(CC)c1ccc2nc(CC)nc(OCCOC(=O)OC(C)(C)C)c2c1)c1ccc(C#N)c(C(F)F)c1. The number of carbonyl (C=O) groups is 2. The van der Waals surface area contributed by atoms with Crippen LogP contribution in [0.4, 0.5) is 19.3 Å². The van der Waals surface area contributed by atoms with Crippen LogP contribution in [0.5, 0.6) is 5.88 Å². The van der Waals surface area contributed by atoms with Gasteiger partial charge in [-0.25, -0.2) is 18.6 Å². The molecule has 1 amide bonds. The number of alkyl halides is 2. The Morgan fingerprint density at radius 2 is 1.80 bits per heavy atom. The van der Waals surface area contributed by atoms with Gasteiger partial charge < -0.3 is 14.2 Å². The highest BCUT2D eigenvalue weighted by Gasteiger charge is 2.28. The zero-order chi connectivity index (χ0) is 32.6. The van der Waals surface area contributed by atoms with Crippen LogP contribution in [0.25, 0.3) is 10.9 Å². The number of amides is 1. The fraction of sp³-hybridized carbons (Fsp3) is 0.438. The molecule has 0 radical (unpaired) electrons. The second kappa shape index (κ2) is 15.0. The lowest BCUT2D eigenvalue weighted by molar-refractivity contribution is -0.117. The van der Waals surface area contributed by atoms with E-state index in [9.17, 15) is 23.6 Å². The van der Waals surface area contributed by atoms with E-state index in [4.69, 9.17) is 26.4 Å². The Morgan fingerprint density at radius 3 is 2.39 bits per heavy atom. The average Bonchev–Trinajstić information content (AvgIpc) is 2.98. The molecule has 0 aliphatic rings. The maximum atomic E-state index is 13.7. The summed E-state index contributed by atoms with van der Waals surface area (Å²) >= 11 is 5.85. The number of hydrogen-bond acceptors (Lipinski definition) is 9. The molecule has 1 heterocycles. The summed E-state index contributed by atoms with van der Waals surface area (Å²) in [5, 5.41) is 9.86. The summed E-state index contributed by atoms with van der Waals surface area (Å²) in [5.41, 5.74) is 0.202. The average molecular weight is 627 g/mol. The van der Waals surface area contributed by atoms with Gasteiger partial charge in [0.25, 0.3) is 6.43 Å². The van der Waals surface area contributed by atoms with E-state index in [1.54, 1.807) is 33.8 Å². The van der Waals surface area contributed by atoms with E-state index in [1.165, 1.54) is 17.0 Å². The van der Waals surface area contributed by atoms with Crippen molar-refractivity contribution in [2.24, 2.45) is 0 Å². The third kappa shape index (κ3) is 8.44. The zero-order valence-corrected chi connectivity index (χ0v) is 26.5. The van der Waals surface area contributed by atoms with Gasteiger partial charge in [-0.2, -0.15) is 10.2 Å². The molecule has 1 atom stereocenters. The van der Waals surface area contributed by atoms with Crippen LogP contribution in [-0.2, 0) is 20.7 Å². The van der Waals surface area contributed by atoms with Gasteiger partial charge in [0.05, 0.1) is 27.5 Å². The van der Waals surface area contributed by atoms with Crippen molar-refractivity contribution >= 4 is 45.9 Å². The number of benzene rings is 2. The molecule has 0 fully saturated rings. The lowest BCUT2D eigenvalue weighted by atomic mass is 9.93. The number of halogens is 2. The Kier molecular flexibility index (Phi) is 11.7. The minimum absolute atomic E-state index is 0.0122. The van der Waals surface area contributed by atoms with Crippen LogP contribution in [-0.4, -0.2) is 45.8 Å². The summed E-state index contributed by atoms with van der Waals surface area (Å²) in [7, 11) is 0. The normalized spacial score (nSPS) is 12.0. The molecule has 0 aliphatic carbocycles. The summed E-state index contributed by atoms with van der Waals surface area (Å²) < 4.78 is 43.7. The van der Waals surface area contributed by atoms with Crippen molar-refractivity contribution in [2.75, 3.05) is 18.1 Å². The first-order valence-corrected chi connectivity index (χ1v) is 14.7. The Hall–Kier alpha value is -4.24. The molecule has 0 bridgehead atoms. The van der Waals surface area contributed by atoms with Crippen molar-refractivity contribution in [1.29, 1.82) is 5.26 Å². The number of thiocarbonyl (C=S) groups is 1. The van der Waals surface area contributed by atoms with Gasteiger partial charge in [0, 0.05) is 30.0 Å². The number of nitrogens with zero attached hydrogens (tertiary/aromatic N) is 4. The summed E-state index contributed by atoms with van der Waals surface area (Å²) in [5.74, 6) is 0.0116. The highest BCUT2D eigenvalue weighted by Crippen LogP contribution is 2.34. The number of anilines is 1. The Balaban J connectivity index is 1.96. The fourth-order valence-corrected chi connectivity index (χ4v) is 4.93. The number of hydrogen-bond donors (Lipinski definition) is 0. The van der Waals surface area contributed by atoms with Crippen molar-refractivity contribution in [3.8, 4) is 11.9 Å². The van der Waals surface area contributed by atoms with Gasteiger partial charge >= 0.3 is 6.16 Å².